The number of benzene rings is 2. The van der Waals surface area contributed by atoms with Crippen molar-refractivity contribution in [2.75, 3.05) is 0 Å². The zero-order chi connectivity index (χ0) is 18.5. The fourth-order valence-corrected chi connectivity index (χ4v) is 3.08. The lowest BCUT2D eigenvalue weighted by Crippen LogP contribution is -1.99. The Morgan fingerprint density at radius 2 is 0.923 bits per heavy atom. The Bertz CT molecular complexity index is 947. The first-order valence-electron chi connectivity index (χ1n) is 8.42. The monoisotopic (exact) mass is 334 g/mol. The maximum Gasteiger partial charge on any atom is 0.0994 e. The molecule has 2 aromatic carbocycles. The molecule has 0 aliphatic heterocycles. The van der Waals surface area contributed by atoms with E-state index in [4.69, 9.17) is 0 Å². The van der Waals surface area contributed by atoms with Gasteiger partial charge in [-0.1, -0.05) is 60.7 Å². The van der Waals surface area contributed by atoms with Gasteiger partial charge in [0.2, 0.25) is 0 Å². The highest BCUT2D eigenvalue weighted by molar-refractivity contribution is 5.90. The molecular formula is C24H18N2. The molecule has 0 saturated carbocycles. The van der Waals surface area contributed by atoms with E-state index in [9.17, 15) is 10.5 Å². The number of rotatable bonds is 2. The molecule has 0 spiro atoms. The van der Waals surface area contributed by atoms with Crippen molar-refractivity contribution < 1.29 is 0 Å². The van der Waals surface area contributed by atoms with Crippen molar-refractivity contribution in [3.05, 3.63) is 106 Å². The van der Waals surface area contributed by atoms with E-state index in [2.05, 4.69) is 12.1 Å². The maximum absolute atomic E-state index is 9.76. The summed E-state index contributed by atoms with van der Waals surface area (Å²) < 4.78 is 0. The average molecular weight is 334 g/mol. The van der Waals surface area contributed by atoms with Crippen LogP contribution in [-0.4, -0.2) is 0 Å². The van der Waals surface area contributed by atoms with E-state index in [0.717, 1.165) is 33.4 Å². The molecule has 0 saturated heterocycles. The van der Waals surface area contributed by atoms with Gasteiger partial charge in [-0.3, -0.25) is 0 Å². The zero-order valence-electron chi connectivity index (χ0n) is 14.8. The summed E-state index contributed by atoms with van der Waals surface area (Å²) in [7, 11) is 0. The van der Waals surface area contributed by atoms with E-state index in [1.54, 1.807) is 0 Å². The molecule has 0 atom stereocenters. The van der Waals surface area contributed by atoms with Crippen LogP contribution in [0, 0.1) is 22.7 Å². The highest BCUT2D eigenvalue weighted by Gasteiger charge is 2.17. The van der Waals surface area contributed by atoms with E-state index in [1.807, 2.05) is 86.7 Å². The summed E-state index contributed by atoms with van der Waals surface area (Å²) in [6.07, 6.45) is 3.79. The first-order valence-corrected chi connectivity index (χ1v) is 8.42. The van der Waals surface area contributed by atoms with Crippen molar-refractivity contribution in [2.24, 2.45) is 0 Å². The van der Waals surface area contributed by atoms with E-state index < -0.39 is 0 Å². The molecule has 0 bridgehead atoms. The van der Waals surface area contributed by atoms with Crippen molar-refractivity contribution in [2.45, 2.75) is 13.8 Å². The summed E-state index contributed by atoms with van der Waals surface area (Å²) in [4.78, 5) is 0. The Balaban J connectivity index is 2.30. The first kappa shape index (κ1) is 17.2. The number of nitriles is 2. The number of hydrogen-bond acceptors (Lipinski definition) is 2. The van der Waals surface area contributed by atoms with Gasteiger partial charge in [0.1, 0.15) is 0 Å². The van der Waals surface area contributed by atoms with Crippen LogP contribution >= 0.6 is 0 Å². The van der Waals surface area contributed by atoms with Gasteiger partial charge < -0.3 is 0 Å². The summed E-state index contributed by atoms with van der Waals surface area (Å²) in [6, 6.07) is 24.4. The maximum atomic E-state index is 9.76. The normalized spacial score (nSPS) is 24.2. The topological polar surface area (TPSA) is 47.6 Å². The lowest BCUT2D eigenvalue weighted by molar-refractivity contribution is 1.35. The summed E-state index contributed by atoms with van der Waals surface area (Å²) in [5, 5.41) is 19.5. The van der Waals surface area contributed by atoms with Crippen molar-refractivity contribution in [1.82, 2.24) is 0 Å². The molecule has 2 nitrogen and oxygen atoms in total. The quantitative estimate of drug-likeness (QED) is 0.692. The van der Waals surface area contributed by atoms with Crippen LogP contribution in [0.25, 0.3) is 11.1 Å². The summed E-state index contributed by atoms with van der Waals surface area (Å²) in [5.74, 6) is 0. The lowest BCUT2D eigenvalue weighted by Gasteiger charge is -2.16. The SMILES string of the molecule is CC1=C(c2ccccc2)/C=C(C#N)\C(C)=C(c2ccccc2)/C=C\1C#N. The van der Waals surface area contributed by atoms with Crippen molar-refractivity contribution in [3.63, 3.8) is 0 Å². The molecule has 0 amide bonds. The highest BCUT2D eigenvalue weighted by Crippen LogP contribution is 2.34. The van der Waals surface area contributed by atoms with Gasteiger partial charge in [-0.2, -0.15) is 10.5 Å². The van der Waals surface area contributed by atoms with Crippen LogP contribution in [0.1, 0.15) is 25.0 Å². The third kappa shape index (κ3) is 3.27. The van der Waals surface area contributed by atoms with Crippen molar-refractivity contribution in [3.8, 4) is 12.1 Å². The first-order chi connectivity index (χ1) is 12.7. The molecule has 0 unspecified atom stereocenters. The van der Waals surface area contributed by atoms with Gasteiger partial charge in [-0.25, -0.2) is 0 Å². The largest absolute Gasteiger partial charge is 0.192 e. The van der Waals surface area contributed by atoms with Gasteiger partial charge in [0, 0.05) is 0 Å². The zero-order valence-corrected chi connectivity index (χ0v) is 14.8. The average Bonchev–Trinajstić information content (AvgIpc) is 2.69. The van der Waals surface area contributed by atoms with Crippen LogP contribution in [0.5, 0.6) is 0 Å². The number of allylic oxidation sites excluding steroid dienone is 8. The molecule has 124 valence electrons. The fourth-order valence-electron chi connectivity index (χ4n) is 3.08. The van der Waals surface area contributed by atoms with Gasteiger partial charge in [0.15, 0.2) is 0 Å². The van der Waals surface area contributed by atoms with E-state index in [0.29, 0.717) is 11.1 Å². The predicted octanol–water partition coefficient (Wildman–Crippen LogP) is 5.85. The second-order valence-corrected chi connectivity index (χ2v) is 6.15. The second-order valence-electron chi connectivity index (χ2n) is 6.15. The minimum absolute atomic E-state index is 0.607. The fraction of sp³-hybridized carbons (Fsp3) is 0.0833. The van der Waals surface area contributed by atoms with Crippen LogP contribution < -0.4 is 0 Å². The van der Waals surface area contributed by atoms with Crippen LogP contribution in [0.15, 0.2) is 95.1 Å². The van der Waals surface area contributed by atoms with Gasteiger partial charge in [-0.05, 0) is 59.4 Å². The van der Waals surface area contributed by atoms with Crippen LogP contribution in [-0.2, 0) is 0 Å². The summed E-state index contributed by atoms with van der Waals surface area (Å²) in [6.45, 7) is 3.87. The molecule has 0 N–H and O–H groups in total. The van der Waals surface area contributed by atoms with Crippen LogP contribution in [0.3, 0.4) is 0 Å². The Morgan fingerprint density at radius 3 is 1.23 bits per heavy atom. The Labute approximate surface area is 154 Å². The Kier molecular flexibility index (Phi) is 4.97. The molecule has 0 fully saturated rings. The minimum atomic E-state index is 0.607. The number of nitrogens with zero attached hydrogens (tertiary/aromatic N) is 2. The van der Waals surface area contributed by atoms with Gasteiger partial charge in [0.25, 0.3) is 0 Å². The standard InChI is InChI=1S/C24H18N2/c1-17-21(15-25)13-24(20-11-7-4-8-12-20)18(2)22(16-26)14-23(17)19-9-5-3-6-10-19/h3-14H,1-2H3/b21-13-,21-17?,22-14-,22-18?,23-14?,23-17+,24-13?,24-18+. The lowest BCUT2D eigenvalue weighted by atomic mass is 9.86. The summed E-state index contributed by atoms with van der Waals surface area (Å²) in [5.41, 5.74) is 6.75. The van der Waals surface area contributed by atoms with E-state index >= 15 is 0 Å². The molecule has 2 heteroatoms. The Hall–Kier alpha value is -3.62. The molecular weight excluding hydrogens is 316 g/mol. The molecule has 2 aromatic rings. The van der Waals surface area contributed by atoms with Crippen LogP contribution in [0.4, 0.5) is 0 Å². The third-order valence-electron chi connectivity index (χ3n) is 4.60. The third-order valence-corrected chi connectivity index (χ3v) is 4.60. The van der Waals surface area contributed by atoms with E-state index in [1.165, 1.54) is 0 Å². The van der Waals surface area contributed by atoms with E-state index in [-0.39, 0.29) is 0 Å². The molecule has 1 aliphatic carbocycles. The molecule has 0 radical (unpaired) electrons. The second kappa shape index (κ2) is 7.51. The molecule has 0 heterocycles. The molecule has 3 rings (SSSR count). The van der Waals surface area contributed by atoms with Gasteiger partial charge in [0.05, 0.1) is 23.3 Å². The molecule has 0 aromatic heterocycles. The number of hydrogen-bond donors (Lipinski definition) is 0. The summed E-state index contributed by atoms with van der Waals surface area (Å²) >= 11 is 0. The van der Waals surface area contributed by atoms with Crippen molar-refractivity contribution >= 4 is 11.1 Å². The highest BCUT2D eigenvalue weighted by atomic mass is 14.3. The smallest absolute Gasteiger partial charge is 0.0994 e. The minimum Gasteiger partial charge on any atom is -0.192 e. The van der Waals surface area contributed by atoms with Gasteiger partial charge >= 0.3 is 0 Å². The van der Waals surface area contributed by atoms with Crippen molar-refractivity contribution in [1.29, 1.82) is 10.5 Å². The van der Waals surface area contributed by atoms with Gasteiger partial charge in [-0.15, -0.1) is 0 Å². The molecule has 26 heavy (non-hydrogen) atoms. The predicted molar refractivity (Wildman–Crippen MR) is 105 cm³/mol. The molecule has 1 aliphatic rings. The van der Waals surface area contributed by atoms with Crippen LogP contribution in [0.2, 0.25) is 0 Å². The Morgan fingerprint density at radius 1 is 0.577 bits per heavy atom.